The zero-order valence-electron chi connectivity index (χ0n) is 16.0. The Kier molecular flexibility index (Phi) is 5.30. The molecule has 6 N–H and O–H groups in total. The zero-order chi connectivity index (χ0) is 21.4. The van der Waals surface area contributed by atoms with E-state index < -0.39 is 36.7 Å². The van der Waals surface area contributed by atoms with E-state index in [1.807, 2.05) is 19.1 Å². The number of nitrogen functional groups attached to an aromatic ring is 1. The lowest BCUT2D eigenvalue weighted by Crippen LogP contribution is -2.33. The lowest BCUT2D eigenvalue weighted by Gasteiger charge is -2.17. The summed E-state index contributed by atoms with van der Waals surface area (Å²) in [4.78, 5) is 22.9. The lowest BCUT2D eigenvalue weighted by molar-refractivity contribution is -0.0503. The fourth-order valence-electron chi connectivity index (χ4n) is 3.29. The Morgan fingerprint density at radius 1 is 1.20 bits per heavy atom. The average molecular weight is 415 g/mol. The number of rotatable bonds is 5. The van der Waals surface area contributed by atoms with Gasteiger partial charge in [0.25, 0.3) is 11.5 Å². The molecule has 4 rings (SSSR count). The zero-order valence-corrected chi connectivity index (χ0v) is 16.0. The Morgan fingerprint density at radius 2 is 1.93 bits per heavy atom. The molecule has 3 heterocycles. The fraction of sp³-hybridized carbons (Fsp3) is 0.389. The number of hydrogen-bond donors (Lipinski definition) is 5. The second-order valence-corrected chi connectivity index (χ2v) is 6.85. The summed E-state index contributed by atoms with van der Waals surface area (Å²) in [6.45, 7) is 1.52. The van der Waals surface area contributed by atoms with Gasteiger partial charge in [-0.25, -0.2) is 4.98 Å². The summed E-state index contributed by atoms with van der Waals surface area (Å²) in [6.07, 6.45) is -4.16. The molecule has 0 spiro atoms. The molecular weight excluding hydrogens is 394 g/mol. The number of benzene rings is 1. The van der Waals surface area contributed by atoms with Gasteiger partial charge in [0.2, 0.25) is 5.95 Å². The first-order valence-electron chi connectivity index (χ1n) is 9.33. The number of aliphatic hydroxyl groups is 3. The maximum atomic E-state index is 12.3. The normalized spacial score (nSPS) is 24.3. The molecule has 1 saturated heterocycles. The first-order valence-corrected chi connectivity index (χ1v) is 9.33. The number of aromatic amines is 1. The minimum atomic E-state index is -1.43. The van der Waals surface area contributed by atoms with Crippen LogP contribution in [0.25, 0.3) is 11.2 Å². The van der Waals surface area contributed by atoms with E-state index in [4.69, 9.17) is 10.5 Å². The van der Waals surface area contributed by atoms with Gasteiger partial charge in [0.15, 0.2) is 17.4 Å². The van der Waals surface area contributed by atoms with Gasteiger partial charge in [-0.15, -0.1) is 10.2 Å². The molecular formula is C18H21N7O5. The fourth-order valence-corrected chi connectivity index (χ4v) is 3.29. The Morgan fingerprint density at radius 3 is 2.57 bits per heavy atom. The molecule has 0 radical (unpaired) electrons. The smallest absolute Gasteiger partial charge is 0.280 e. The molecule has 0 saturated carbocycles. The highest BCUT2D eigenvalue weighted by molar-refractivity contribution is 5.74. The summed E-state index contributed by atoms with van der Waals surface area (Å²) in [5.41, 5.74) is 6.65. The largest absolute Gasteiger partial charge is 0.394 e. The van der Waals surface area contributed by atoms with Crippen molar-refractivity contribution in [2.24, 2.45) is 10.2 Å². The standard InChI is InChI=1S/C18H21N7O5/c1-2-8-3-5-9(6-4-8)23-24-18-20-11-14(21-17(19)22-15(11)29)25(18)16-13(28)12(27)10(7-26)30-16/h3-6,10,12-13,16,26-28H,2,7H2,1H3,(H3,19,21,22,29)/t10-,12?,13+,16-/m1/s1. The van der Waals surface area contributed by atoms with Gasteiger partial charge in [0.1, 0.15) is 18.3 Å². The molecule has 158 valence electrons. The number of fused-ring (bicyclic) bond motifs is 1. The van der Waals surface area contributed by atoms with Crippen LogP contribution in [0.5, 0.6) is 0 Å². The molecule has 1 aliphatic heterocycles. The molecule has 12 nitrogen and oxygen atoms in total. The van der Waals surface area contributed by atoms with Gasteiger partial charge in [-0.2, -0.15) is 4.98 Å². The van der Waals surface area contributed by atoms with Crippen LogP contribution in [0.4, 0.5) is 17.6 Å². The van der Waals surface area contributed by atoms with Gasteiger partial charge in [-0.3, -0.25) is 14.3 Å². The molecule has 0 aliphatic carbocycles. The third kappa shape index (κ3) is 3.45. The van der Waals surface area contributed by atoms with Crippen molar-refractivity contribution in [3.8, 4) is 0 Å². The third-order valence-corrected chi connectivity index (χ3v) is 4.92. The van der Waals surface area contributed by atoms with E-state index in [2.05, 4.69) is 25.2 Å². The maximum absolute atomic E-state index is 12.3. The molecule has 1 aliphatic rings. The van der Waals surface area contributed by atoms with Crippen LogP contribution >= 0.6 is 0 Å². The van der Waals surface area contributed by atoms with Crippen LogP contribution in [0.15, 0.2) is 39.3 Å². The van der Waals surface area contributed by atoms with Crippen LogP contribution in [-0.2, 0) is 11.2 Å². The maximum Gasteiger partial charge on any atom is 0.280 e. The molecule has 1 fully saturated rings. The highest BCUT2D eigenvalue weighted by Crippen LogP contribution is 2.35. The molecule has 0 bridgehead atoms. The molecule has 1 unspecified atom stereocenters. The molecule has 4 atom stereocenters. The number of H-pyrrole nitrogens is 1. The first-order chi connectivity index (χ1) is 14.4. The number of nitrogens with one attached hydrogen (secondary N) is 1. The predicted octanol–water partition coefficient (Wildman–Crippen LogP) is 0.291. The summed E-state index contributed by atoms with van der Waals surface area (Å²) in [5.74, 6) is -0.248. The summed E-state index contributed by atoms with van der Waals surface area (Å²) in [5, 5.41) is 38.2. The summed E-state index contributed by atoms with van der Waals surface area (Å²) < 4.78 is 6.80. The monoisotopic (exact) mass is 415 g/mol. The second-order valence-electron chi connectivity index (χ2n) is 6.85. The first kappa shape index (κ1) is 20.1. The molecule has 30 heavy (non-hydrogen) atoms. The predicted molar refractivity (Wildman–Crippen MR) is 106 cm³/mol. The van der Waals surface area contributed by atoms with Crippen molar-refractivity contribution < 1.29 is 20.1 Å². The quantitative estimate of drug-likeness (QED) is 0.368. The Balaban J connectivity index is 1.82. The lowest BCUT2D eigenvalue weighted by atomic mass is 10.1. The van der Waals surface area contributed by atoms with E-state index in [1.165, 1.54) is 4.57 Å². The average Bonchev–Trinajstić information content (AvgIpc) is 3.24. The van der Waals surface area contributed by atoms with Crippen LogP contribution < -0.4 is 11.3 Å². The van der Waals surface area contributed by atoms with Crippen molar-refractivity contribution in [3.63, 3.8) is 0 Å². The van der Waals surface area contributed by atoms with Crippen molar-refractivity contribution in [1.29, 1.82) is 0 Å². The Labute approximate surface area is 169 Å². The van der Waals surface area contributed by atoms with Crippen LogP contribution in [0.2, 0.25) is 0 Å². The van der Waals surface area contributed by atoms with Crippen molar-refractivity contribution in [2.75, 3.05) is 12.3 Å². The van der Waals surface area contributed by atoms with Crippen LogP contribution in [-0.4, -0.2) is 59.8 Å². The molecule has 0 amide bonds. The van der Waals surface area contributed by atoms with E-state index in [9.17, 15) is 20.1 Å². The number of nitrogens with two attached hydrogens (primary N) is 1. The highest BCUT2D eigenvalue weighted by atomic mass is 16.6. The van der Waals surface area contributed by atoms with Crippen LogP contribution in [0.1, 0.15) is 18.7 Å². The van der Waals surface area contributed by atoms with E-state index in [-0.39, 0.29) is 23.1 Å². The van der Waals surface area contributed by atoms with Crippen LogP contribution in [0, 0.1) is 0 Å². The summed E-state index contributed by atoms with van der Waals surface area (Å²) in [7, 11) is 0. The van der Waals surface area contributed by atoms with Crippen molar-refractivity contribution >= 4 is 28.7 Å². The van der Waals surface area contributed by atoms with Gasteiger partial charge in [-0.05, 0) is 24.1 Å². The molecule has 2 aromatic heterocycles. The number of anilines is 1. The van der Waals surface area contributed by atoms with Crippen molar-refractivity contribution in [1.82, 2.24) is 19.5 Å². The molecule has 12 heteroatoms. The topological polar surface area (TPSA) is 184 Å². The summed E-state index contributed by atoms with van der Waals surface area (Å²) in [6, 6.07) is 7.39. The van der Waals surface area contributed by atoms with Gasteiger partial charge in [0, 0.05) is 0 Å². The third-order valence-electron chi connectivity index (χ3n) is 4.92. The summed E-state index contributed by atoms with van der Waals surface area (Å²) >= 11 is 0. The van der Waals surface area contributed by atoms with Crippen LogP contribution in [0.3, 0.4) is 0 Å². The Bertz CT molecular complexity index is 1140. The SMILES string of the molecule is CCc1ccc(N=Nc2nc3c(=O)[nH]c(N)nc3n2[C@@H]2O[C@H](CO)C(O)[C@@H]2O)cc1. The second kappa shape index (κ2) is 7.91. The van der Waals surface area contributed by atoms with Gasteiger partial charge in [0.05, 0.1) is 12.3 Å². The van der Waals surface area contributed by atoms with E-state index in [1.54, 1.807) is 12.1 Å². The highest BCUT2D eigenvalue weighted by Gasteiger charge is 2.45. The minimum Gasteiger partial charge on any atom is -0.394 e. The number of azo groups is 1. The van der Waals surface area contributed by atoms with Crippen molar-refractivity contribution in [2.45, 2.75) is 37.9 Å². The van der Waals surface area contributed by atoms with Crippen molar-refractivity contribution in [3.05, 3.63) is 40.2 Å². The number of nitrogens with zero attached hydrogens (tertiary/aromatic N) is 5. The number of aliphatic hydroxyl groups excluding tert-OH is 3. The minimum absolute atomic E-state index is 0.00127. The van der Waals surface area contributed by atoms with E-state index >= 15 is 0 Å². The molecule has 1 aromatic carbocycles. The van der Waals surface area contributed by atoms with Gasteiger partial charge >= 0.3 is 0 Å². The number of aryl methyl sites for hydroxylation is 1. The Hall–Kier alpha value is -3.19. The number of hydrogen-bond acceptors (Lipinski definition) is 10. The number of imidazole rings is 1. The van der Waals surface area contributed by atoms with Gasteiger partial charge in [-0.1, -0.05) is 19.1 Å². The van der Waals surface area contributed by atoms with Gasteiger partial charge < -0.3 is 25.8 Å². The number of aromatic nitrogens is 4. The number of ether oxygens (including phenoxy) is 1. The van der Waals surface area contributed by atoms with E-state index in [0.717, 1.165) is 12.0 Å². The molecule has 3 aromatic rings. The van der Waals surface area contributed by atoms with E-state index in [0.29, 0.717) is 5.69 Å².